The molecule has 1 atom stereocenters. The molecule has 0 bridgehead atoms. The van der Waals surface area contributed by atoms with E-state index < -0.39 is 6.04 Å². The molecule has 0 aromatic heterocycles. The molecule has 2 rings (SSSR count). The first-order valence-electron chi connectivity index (χ1n) is 13.8. The van der Waals surface area contributed by atoms with E-state index in [4.69, 9.17) is 0 Å². The van der Waals surface area contributed by atoms with Crippen LogP contribution in [0.15, 0.2) is 36.2 Å². The highest BCUT2D eigenvalue weighted by atomic mass is 19.1. The minimum atomic E-state index is -0.407. The van der Waals surface area contributed by atoms with Gasteiger partial charge in [-0.2, -0.15) is 0 Å². The third kappa shape index (κ3) is 13.9. The predicted molar refractivity (Wildman–Crippen MR) is 155 cm³/mol. The van der Waals surface area contributed by atoms with Crippen molar-refractivity contribution in [2.45, 2.75) is 85.6 Å². The van der Waals surface area contributed by atoms with Gasteiger partial charge in [0.25, 0.3) is 0 Å². The SMILES string of the molecule is C=C=C1CCC(=O)N1CCCCCC(=O)NC(C=O)C(C)C.CC.CCc1ccc(NC(=O)CNC)cc1F. The number of allylic oxidation sites excluding steroid dienone is 1. The molecular weight excluding hydrogens is 499 g/mol. The van der Waals surface area contributed by atoms with E-state index in [1.54, 1.807) is 24.1 Å². The summed E-state index contributed by atoms with van der Waals surface area (Å²) in [4.78, 5) is 47.2. The highest BCUT2D eigenvalue weighted by Crippen LogP contribution is 2.21. The molecule has 39 heavy (non-hydrogen) atoms. The number of amides is 3. The maximum atomic E-state index is 13.3. The van der Waals surface area contributed by atoms with Crippen LogP contribution in [-0.4, -0.2) is 55.1 Å². The summed E-state index contributed by atoms with van der Waals surface area (Å²) in [5.41, 5.74) is 4.84. The van der Waals surface area contributed by atoms with Crippen LogP contribution in [0.4, 0.5) is 10.1 Å². The first kappa shape index (κ1) is 35.7. The van der Waals surface area contributed by atoms with Crippen LogP contribution in [-0.2, 0) is 25.6 Å². The van der Waals surface area contributed by atoms with Crippen molar-refractivity contribution in [2.75, 3.05) is 25.5 Å². The zero-order valence-corrected chi connectivity index (χ0v) is 24.5. The summed E-state index contributed by atoms with van der Waals surface area (Å²) in [6.07, 6.45) is 5.59. The van der Waals surface area contributed by atoms with Crippen LogP contribution in [0.3, 0.4) is 0 Å². The molecule has 0 spiro atoms. The second-order valence-corrected chi connectivity index (χ2v) is 9.19. The van der Waals surface area contributed by atoms with Crippen LogP contribution in [0.1, 0.15) is 78.7 Å². The van der Waals surface area contributed by atoms with Gasteiger partial charge in [-0.25, -0.2) is 4.39 Å². The number of hydrogen-bond donors (Lipinski definition) is 3. The average molecular weight is 547 g/mol. The van der Waals surface area contributed by atoms with E-state index >= 15 is 0 Å². The molecule has 1 aliphatic rings. The van der Waals surface area contributed by atoms with Crippen LogP contribution < -0.4 is 16.0 Å². The number of unbranched alkanes of at least 4 members (excludes halogenated alkanes) is 2. The quantitative estimate of drug-likeness (QED) is 0.188. The summed E-state index contributed by atoms with van der Waals surface area (Å²) in [5.74, 6) is -0.308. The zero-order chi connectivity index (χ0) is 29.8. The molecule has 1 unspecified atom stereocenters. The lowest BCUT2D eigenvalue weighted by atomic mass is 10.1. The van der Waals surface area contributed by atoms with Gasteiger partial charge in [0, 0.05) is 31.5 Å². The van der Waals surface area contributed by atoms with Crippen molar-refractivity contribution in [3.05, 3.63) is 47.6 Å². The maximum Gasteiger partial charge on any atom is 0.238 e. The minimum absolute atomic E-state index is 0.0882. The Kier molecular flexibility index (Phi) is 18.9. The molecule has 0 aliphatic carbocycles. The number of aryl methyl sites for hydroxylation is 1. The first-order chi connectivity index (χ1) is 18.7. The molecule has 1 aromatic rings. The van der Waals surface area contributed by atoms with Crippen molar-refractivity contribution in [1.82, 2.24) is 15.5 Å². The summed E-state index contributed by atoms with van der Waals surface area (Å²) in [6, 6.07) is 4.32. The minimum Gasteiger partial charge on any atom is -0.346 e. The van der Waals surface area contributed by atoms with E-state index in [0.717, 1.165) is 37.7 Å². The molecule has 1 heterocycles. The second kappa shape index (κ2) is 20.6. The number of likely N-dealkylation sites (N-methyl/N-ethyl adjacent to an activating group) is 1. The van der Waals surface area contributed by atoms with Crippen LogP contribution in [0.2, 0.25) is 0 Å². The summed E-state index contributed by atoms with van der Waals surface area (Å²) in [5, 5.41) is 8.04. The van der Waals surface area contributed by atoms with Crippen LogP contribution >= 0.6 is 0 Å². The Labute approximate surface area is 233 Å². The van der Waals surface area contributed by atoms with Crippen molar-refractivity contribution < 1.29 is 23.6 Å². The highest BCUT2D eigenvalue weighted by molar-refractivity contribution is 5.92. The van der Waals surface area contributed by atoms with E-state index in [1.165, 1.54) is 6.07 Å². The predicted octanol–water partition coefficient (Wildman–Crippen LogP) is 4.75. The molecule has 0 saturated carbocycles. The van der Waals surface area contributed by atoms with Crippen molar-refractivity contribution in [3.63, 3.8) is 0 Å². The molecular formula is C30H47FN4O4. The molecule has 1 fully saturated rings. The number of anilines is 1. The normalized spacial score (nSPS) is 13.0. The maximum absolute atomic E-state index is 13.3. The molecule has 9 heteroatoms. The van der Waals surface area contributed by atoms with E-state index in [1.807, 2.05) is 34.6 Å². The van der Waals surface area contributed by atoms with Gasteiger partial charge in [-0.1, -0.05) is 53.7 Å². The van der Waals surface area contributed by atoms with Crippen molar-refractivity contribution in [3.8, 4) is 0 Å². The standard InChI is InChI=1S/C17H26N2O3.C11H15FN2O.C2H6/c1-4-14-9-10-17(22)19(14)11-7-5-6-8-16(21)18-15(12-20)13(2)3;1-3-8-4-5-9(6-10(8)12)14-11(15)7-13-2;1-2/h12-13,15H,1,5-11H2,2-3H3,(H,18,21);4-6,13H,3,7H2,1-2H3,(H,14,15);1-2H3. The fraction of sp³-hybridized carbons (Fsp3) is 0.567. The van der Waals surface area contributed by atoms with Crippen LogP contribution in [0, 0.1) is 11.7 Å². The van der Waals surface area contributed by atoms with E-state index in [9.17, 15) is 23.6 Å². The summed E-state index contributed by atoms with van der Waals surface area (Å²) in [7, 11) is 1.68. The number of carbonyl (C=O) groups is 4. The number of benzene rings is 1. The van der Waals surface area contributed by atoms with Gasteiger partial charge in [-0.3, -0.25) is 14.4 Å². The number of rotatable bonds is 13. The van der Waals surface area contributed by atoms with E-state index in [2.05, 4.69) is 28.3 Å². The average Bonchev–Trinajstić information content (AvgIpc) is 3.27. The summed E-state index contributed by atoms with van der Waals surface area (Å²) in [6.45, 7) is 14.2. The van der Waals surface area contributed by atoms with E-state index in [0.29, 0.717) is 37.1 Å². The Hall–Kier alpha value is -3.29. The van der Waals surface area contributed by atoms with Crippen molar-refractivity contribution in [1.29, 1.82) is 0 Å². The lowest BCUT2D eigenvalue weighted by Crippen LogP contribution is -2.39. The van der Waals surface area contributed by atoms with Gasteiger partial charge in [-0.15, -0.1) is 5.73 Å². The van der Waals surface area contributed by atoms with Gasteiger partial charge in [0.15, 0.2) is 0 Å². The lowest BCUT2D eigenvalue weighted by Gasteiger charge is -2.17. The topological polar surface area (TPSA) is 108 Å². The fourth-order valence-electron chi connectivity index (χ4n) is 3.71. The van der Waals surface area contributed by atoms with Gasteiger partial charge in [0.05, 0.1) is 18.3 Å². The van der Waals surface area contributed by atoms with Crippen molar-refractivity contribution in [2.24, 2.45) is 5.92 Å². The first-order valence-corrected chi connectivity index (χ1v) is 13.8. The Balaban J connectivity index is 0.000000740. The number of nitrogens with zero attached hydrogens (tertiary/aromatic N) is 1. The second-order valence-electron chi connectivity index (χ2n) is 9.19. The Morgan fingerprint density at radius 2 is 1.85 bits per heavy atom. The van der Waals surface area contributed by atoms with Gasteiger partial charge in [-0.05, 0) is 49.9 Å². The number of halogens is 1. The Bertz CT molecular complexity index is 974. The molecule has 8 nitrogen and oxygen atoms in total. The highest BCUT2D eigenvalue weighted by Gasteiger charge is 2.24. The van der Waals surface area contributed by atoms with Gasteiger partial charge < -0.3 is 25.6 Å². The van der Waals surface area contributed by atoms with Gasteiger partial charge >= 0.3 is 0 Å². The number of carbonyl (C=O) groups excluding carboxylic acids is 4. The Morgan fingerprint density at radius 1 is 1.15 bits per heavy atom. The number of hydrogen-bond acceptors (Lipinski definition) is 5. The summed E-state index contributed by atoms with van der Waals surface area (Å²) >= 11 is 0. The van der Waals surface area contributed by atoms with Crippen molar-refractivity contribution >= 4 is 29.7 Å². The number of aldehydes is 1. The number of nitrogens with one attached hydrogen (secondary N) is 3. The fourth-order valence-corrected chi connectivity index (χ4v) is 3.71. The third-order valence-corrected chi connectivity index (χ3v) is 5.94. The molecule has 1 aromatic carbocycles. The smallest absolute Gasteiger partial charge is 0.238 e. The third-order valence-electron chi connectivity index (χ3n) is 5.94. The molecule has 3 N–H and O–H groups in total. The number of likely N-dealkylation sites (tertiary alicyclic amines) is 1. The lowest BCUT2D eigenvalue weighted by molar-refractivity contribution is -0.127. The molecule has 0 radical (unpaired) electrons. The largest absolute Gasteiger partial charge is 0.346 e. The van der Waals surface area contributed by atoms with Crippen LogP contribution in [0.5, 0.6) is 0 Å². The van der Waals surface area contributed by atoms with E-state index in [-0.39, 0.29) is 36.0 Å². The molecule has 3 amide bonds. The van der Waals surface area contributed by atoms with Gasteiger partial charge in [0.2, 0.25) is 17.7 Å². The van der Waals surface area contributed by atoms with Crippen LogP contribution in [0.25, 0.3) is 0 Å². The molecule has 1 aliphatic heterocycles. The molecule has 1 saturated heterocycles. The Morgan fingerprint density at radius 3 is 2.38 bits per heavy atom. The zero-order valence-electron chi connectivity index (χ0n) is 24.5. The summed E-state index contributed by atoms with van der Waals surface area (Å²) < 4.78 is 13.3. The monoisotopic (exact) mass is 546 g/mol. The van der Waals surface area contributed by atoms with Gasteiger partial charge in [0.1, 0.15) is 12.1 Å². The molecule has 218 valence electrons.